The molecule has 0 bridgehead atoms. The summed E-state index contributed by atoms with van der Waals surface area (Å²) in [7, 11) is 1.64. The summed E-state index contributed by atoms with van der Waals surface area (Å²) in [6.45, 7) is 2.57. The van der Waals surface area contributed by atoms with Gasteiger partial charge in [0, 0.05) is 20.1 Å². The van der Waals surface area contributed by atoms with Gasteiger partial charge in [-0.3, -0.25) is 10.1 Å². The first kappa shape index (κ1) is 12.5. The molecule has 0 aromatic carbocycles. The van der Waals surface area contributed by atoms with Crippen LogP contribution < -0.4 is 10.2 Å². The van der Waals surface area contributed by atoms with Crippen LogP contribution in [0.25, 0.3) is 0 Å². The summed E-state index contributed by atoms with van der Waals surface area (Å²) in [5.41, 5.74) is -0.981. The molecule has 0 radical (unpaired) electrons. The van der Waals surface area contributed by atoms with E-state index in [9.17, 15) is 15.2 Å². The van der Waals surface area contributed by atoms with E-state index >= 15 is 0 Å². The zero-order valence-electron chi connectivity index (χ0n) is 10.3. The molecule has 0 amide bonds. The van der Waals surface area contributed by atoms with Gasteiger partial charge in [0.2, 0.25) is 11.8 Å². The van der Waals surface area contributed by atoms with Crippen LogP contribution in [0.1, 0.15) is 13.3 Å². The van der Waals surface area contributed by atoms with Crippen molar-refractivity contribution in [1.82, 2.24) is 9.97 Å². The van der Waals surface area contributed by atoms with E-state index in [0.29, 0.717) is 25.5 Å². The van der Waals surface area contributed by atoms with Gasteiger partial charge in [0.15, 0.2) is 0 Å². The number of nitrogens with one attached hydrogen (secondary N) is 1. The van der Waals surface area contributed by atoms with E-state index in [0.717, 1.165) is 0 Å². The minimum Gasteiger partial charge on any atom is -0.388 e. The van der Waals surface area contributed by atoms with Crippen molar-refractivity contribution in [2.24, 2.45) is 0 Å². The largest absolute Gasteiger partial charge is 0.388 e. The second kappa shape index (κ2) is 4.37. The zero-order chi connectivity index (χ0) is 13.3. The highest BCUT2D eigenvalue weighted by Crippen LogP contribution is 2.31. The highest BCUT2D eigenvalue weighted by Gasteiger charge is 2.35. The number of nitro groups is 1. The van der Waals surface area contributed by atoms with Gasteiger partial charge in [-0.25, -0.2) is 4.98 Å². The third-order valence-electron chi connectivity index (χ3n) is 2.92. The van der Waals surface area contributed by atoms with Crippen LogP contribution in [0.2, 0.25) is 0 Å². The van der Waals surface area contributed by atoms with E-state index in [-0.39, 0.29) is 11.5 Å². The first-order valence-electron chi connectivity index (χ1n) is 5.59. The maximum absolute atomic E-state index is 11.0. The summed E-state index contributed by atoms with van der Waals surface area (Å²) < 4.78 is 0. The third kappa shape index (κ3) is 2.33. The molecule has 1 saturated heterocycles. The molecular formula is C10H15N5O3. The summed E-state index contributed by atoms with van der Waals surface area (Å²) >= 11 is 0. The van der Waals surface area contributed by atoms with Crippen molar-refractivity contribution in [3.63, 3.8) is 0 Å². The summed E-state index contributed by atoms with van der Waals surface area (Å²) in [6.07, 6.45) is 1.74. The lowest BCUT2D eigenvalue weighted by atomic mass is 10.1. The quantitative estimate of drug-likeness (QED) is 0.593. The minimum atomic E-state index is -0.835. The molecule has 1 atom stereocenters. The first-order chi connectivity index (χ1) is 8.43. The number of β-amino-alcohol motifs (C(OH)–C–C–N with tert-alkyl or cyclic N) is 1. The average molecular weight is 253 g/mol. The summed E-state index contributed by atoms with van der Waals surface area (Å²) in [5.74, 6) is 0.569. The molecule has 2 heterocycles. The zero-order valence-corrected chi connectivity index (χ0v) is 10.3. The highest BCUT2D eigenvalue weighted by molar-refractivity contribution is 5.59. The summed E-state index contributed by atoms with van der Waals surface area (Å²) in [6, 6.07) is 0. The molecule has 1 aliphatic heterocycles. The molecule has 18 heavy (non-hydrogen) atoms. The highest BCUT2D eigenvalue weighted by atomic mass is 16.6. The van der Waals surface area contributed by atoms with Crippen LogP contribution in [0, 0.1) is 10.1 Å². The van der Waals surface area contributed by atoms with Crippen molar-refractivity contribution in [1.29, 1.82) is 0 Å². The van der Waals surface area contributed by atoms with Crippen molar-refractivity contribution >= 4 is 17.5 Å². The maximum atomic E-state index is 11.0. The van der Waals surface area contributed by atoms with Gasteiger partial charge in [-0.2, -0.15) is 4.98 Å². The SMILES string of the molecule is CNc1ncc([N+](=O)[O-])c(N2CCC(C)(O)C2)n1. The molecular weight excluding hydrogens is 238 g/mol. The van der Waals surface area contributed by atoms with Gasteiger partial charge < -0.3 is 15.3 Å². The lowest BCUT2D eigenvalue weighted by Crippen LogP contribution is -2.30. The van der Waals surface area contributed by atoms with Crippen molar-refractivity contribution in [3.05, 3.63) is 16.3 Å². The Labute approximate surface area is 104 Å². The predicted molar refractivity (Wildman–Crippen MR) is 65.7 cm³/mol. The van der Waals surface area contributed by atoms with Gasteiger partial charge in [0.1, 0.15) is 6.20 Å². The average Bonchev–Trinajstić information content (AvgIpc) is 2.68. The Morgan fingerprint density at radius 1 is 1.67 bits per heavy atom. The summed E-state index contributed by atoms with van der Waals surface area (Å²) in [4.78, 5) is 20.1. The van der Waals surface area contributed by atoms with Gasteiger partial charge in [-0.05, 0) is 13.3 Å². The van der Waals surface area contributed by atoms with Gasteiger partial charge in [-0.1, -0.05) is 0 Å². The van der Waals surface area contributed by atoms with Crippen LogP contribution in [-0.4, -0.2) is 45.7 Å². The van der Waals surface area contributed by atoms with E-state index in [2.05, 4.69) is 15.3 Å². The Bertz CT molecular complexity index is 477. The van der Waals surface area contributed by atoms with Crippen molar-refractivity contribution in [2.75, 3.05) is 30.4 Å². The fourth-order valence-corrected chi connectivity index (χ4v) is 1.97. The molecule has 0 spiro atoms. The fourth-order valence-electron chi connectivity index (χ4n) is 1.97. The second-order valence-electron chi connectivity index (χ2n) is 4.58. The van der Waals surface area contributed by atoms with Crippen LogP contribution in [0.15, 0.2) is 6.20 Å². The number of hydrogen-bond acceptors (Lipinski definition) is 7. The fraction of sp³-hybridized carbons (Fsp3) is 0.600. The molecule has 2 N–H and O–H groups in total. The summed E-state index contributed by atoms with van der Waals surface area (Å²) in [5, 5.41) is 23.6. The molecule has 98 valence electrons. The Morgan fingerprint density at radius 3 is 2.89 bits per heavy atom. The maximum Gasteiger partial charge on any atom is 0.329 e. The molecule has 1 fully saturated rings. The van der Waals surface area contributed by atoms with E-state index in [4.69, 9.17) is 0 Å². The normalized spacial score (nSPS) is 23.2. The van der Waals surface area contributed by atoms with Gasteiger partial charge in [0.05, 0.1) is 10.5 Å². The van der Waals surface area contributed by atoms with Crippen LogP contribution >= 0.6 is 0 Å². The Morgan fingerprint density at radius 2 is 2.39 bits per heavy atom. The van der Waals surface area contributed by atoms with Crippen molar-refractivity contribution in [2.45, 2.75) is 18.9 Å². The monoisotopic (exact) mass is 253 g/mol. The van der Waals surface area contributed by atoms with Crippen LogP contribution in [-0.2, 0) is 0 Å². The lowest BCUT2D eigenvalue weighted by molar-refractivity contribution is -0.384. The van der Waals surface area contributed by atoms with E-state index < -0.39 is 10.5 Å². The number of aromatic nitrogens is 2. The molecule has 1 unspecified atom stereocenters. The molecule has 8 nitrogen and oxygen atoms in total. The standard InChI is InChI=1S/C10H15N5O3/c1-10(16)3-4-14(6-10)8-7(15(17)18)5-12-9(11-2)13-8/h5,16H,3-4,6H2,1-2H3,(H,11,12,13). The van der Waals surface area contributed by atoms with E-state index in [1.165, 1.54) is 6.20 Å². The molecule has 1 aromatic heterocycles. The lowest BCUT2D eigenvalue weighted by Gasteiger charge is -2.19. The van der Waals surface area contributed by atoms with Crippen molar-refractivity contribution < 1.29 is 10.0 Å². The molecule has 0 saturated carbocycles. The Hall–Kier alpha value is -1.96. The molecule has 2 rings (SSSR count). The second-order valence-corrected chi connectivity index (χ2v) is 4.58. The predicted octanol–water partition coefficient (Wildman–Crippen LogP) is 0.388. The molecule has 8 heteroatoms. The van der Waals surface area contributed by atoms with Gasteiger partial charge in [0.25, 0.3) is 0 Å². The van der Waals surface area contributed by atoms with E-state index in [1.807, 2.05) is 0 Å². The van der Waals surface area contributed by atoms with Crippen molar-refractivity contribution in [3.8, 4) is 0 Å². The van der Waals surface area contributed by atoms with E-state index in [1.54, 1.807) is 18.9 Å². The number of rotatable bonds is 3. The topological polar surface area (TPSA) is 104 Å². The Balaban J connectivity index is 2.38. The van der Waals surface area contributed by atoms with Gasteiger partial charge >= 0.3 is 5.69 Å². The van der Waals surface area contributed by atoms with Crippen LogP contribution in [0.3, 0.4) is 0 Å². The first-order valence-corrected chi connectivity index (χ1v) is 5.59. The van der Waals surface area contributed by atoms with Crippen LogP contribution in [0.5, 0.6) is 0 Å². The molecule has 1 aliphatic rings. The minimum absolute atomic E-state index is 0.147. The number of nitrogens with zero attached hydrogens (tertiary/aromatic N) is 4. The number of anilines is 2. The van der Waals surface area contributed by atoms with Crippen LogP contribution in [0.4, 0.5) is 17.5 Å². The Kier molecular flexibility index (Phi) is 3.04. The number of aliphatic hydroxyl groups is 1. The number of hydrogen-bond donors (Lipinski definition) is 2. The third-order valence-corrected chi connectivity index (χ3v) is 2.92. The molecule has 1 aromatic rings. The smallest absolute Gasteiger partial charge is 0.329 e. The van der Waals surface area contributed by atoms with Gasteiger partial charge in [-0.15, -0.1) is 0 Å². The molecule has 0 aliphatic carbocycles.